The molecule has 144 valence electrons. The van der Waals surface area contributed by atoms with Gasteiger partial charge in [0.15, 0.2) is 0 Å². The van der Waals surface area contributed by atoms with Crippen molar-refractivity contribution < 1.29 is 9.18 Å². The highest BCUT2D eigenvalue weighted by molar-refractivity contribution is 5.94. The van der Waals surface area contributed by atoms with Crippen molar-refractivity contribution in [2.75, 3.05) is 13.1 Å². The number of aromatic nitrogens is 3. The molecule has 0 atom stereocenters. The Morgan fingerprint density at radius 3 is 2.50 bits per heavy atom. The number of likely N-dealkylation sites (tertiary alicyclic amines) is 1. The molecule has 1 fully saturated rings. The molecule has 0 bridgehead atoms. The average molecular weight is 378 g/mol. The fourth-order valence-electron chi connectivity index (χ4n) is 3.75. The molecule has 1 aromatic heterocycles. The molecule has 0 N–H and O–H groups in total. The molecule has 0 radical (unpaired) electrons. The van der Waals surface area contributed by atoms with E-state index >= 15 is 0 Å². The summed E-state index contributed by atoms with van der Waals surface area (Å²) in [7, 11) is 0. The topological polar surface area (TPSA) is 51.0 Å². The summed E-state index contributed by atoms with van der Waals surface area (Å²) in [6.07, 6.45) is 4.39. The second-order valence-corrected chi connectivity index (χ2v) is 7.28. The molecule has 28 heavy (non-hydrogen) atoms. The van der Waals surface area contributed by atoms with Gasteiger partial charge in [-0.05, 0) is 36.5 Å². The third-order valence-corrected chi connectivity index (χ3v) is 5.37. The summed E-state index contributed by atoms with van der Waals surface area (Å²) in [5.74, 6) is 0.749. The van der Waals surface area contributed by atoms with E-state index in [-0.39, 0.29) is 11.5 Å². The predicted octanol–water partition coefficient (Wildman–Crippen LogP) is 3.56. The third-order valence-electron chi connectivity index (χ3n) is 5.37. The normalized spacial score (nSPS) is 15.0. The number of halogens is 1. The molecular formula is C22H23FN4O. The lowest BCUT2D eigenvalue weighted by molar-refractivity contribution is 0.0685. The summed E-state index contributed by atoms with van der Waals surface area (Å²) < 4.78 is 16.0. The van der Waals surface area contributed by atoms with Crippen molar-refractivity contribution in [3.05, 3.63) is 83.7 Å². The summed E-state index contributed by atoms with van der Waals surface area (Å²) >= 11 is 0. The van der Waals surface area contributed by atoms with Crippen molar-refractivity contribution in [1.82, 2.24) is 19.7 Å². The number of hydrogen-bond acceptors (Lipinski definition) is 3. The minimum atomic E-state index is -0.455. The lowest BCUT2D eigenvalue weighted by Gasteiger charge is -2.32. The molecule has 2 heterocycles. The number of nitrogens with zero attached hydrogens (tertiary/aromatic N) is 4. The van der Waals surface area contributed by atoms with Crippen LogP contribution < -0.4 is 0 Å². The van der Waals surface area contributed by atoms with Crippen LogP contribution in [0.3, 0.4) is 0 Å². The SMILES string of the molecule is O=C(c1ccccc1F)N1CCC(Cc2nncn2Cc2ccccc2)CC1. The Balaban J connectivity index is 1.35. The Morgan fingerprint density at radius 1 is 1.04 bits per heavy atom. The van der Waals surface area contributed by atoms with Gasteiger partial charge in [-0.15, -0.1) is 10.2 Å². The van der Waals surface area contributed by atoms with Crippen LogP contribution >= 0.6 is 0 Å². The van der Waals surface area contributed by atoms with Gasteiger partial charge in [-0.1, -0.05) is 42.5 Å². The summed E-state index contributed by atoms with van der Waals surface area (Å²) in [6, 6.07) is 16.4. The predicted molar refractivity (Wildman–Crippen MR) is 104 cm³/mol. The van der Waals surface area contributed by atoms with Gasteiger partial charge in [0.05, 0.1) is 12.1 Å². The minimum absolute atomic E-state index is 0.156. The summed E-state index contributed by atoms with van der Waals surface area (Å²) in [4.78, 5) is 14.3. The van der Waals surface area contributed by atoms with Gasteiger partial charge in [0.2, 0.25) is 0 Å². The van der Waals surface area contributed by atoms with Gasteiger partial charge < -0.3 is 9.47 Å². The number of piperidine rings is 1. The fourth-order valence-corrected chi connectivity index (χ4v) is 3.75. The van der Waals surface area contributed by atoms with Crippen LogP contribution in [0.1, 0.15) is 34.6 Å². The molecule has 1 aliphatic rings. The first-order valence-electron chi connectivity index (χ1n) is 9.65. The number of hydrogen-bond donors (Lipinski definition) is 0. The third kappa shape index (κ3) is 4.11. The molecule has 1 saturated heterocycles. The van der Waals surface area contributed by atoms with Crippen LogP contribution in [-0.2, 0) is 13.0 Å². The van der Waals surface area contributed by atoms with Gasteiger partial charge in [0, 0.05) is 19.5 Å². The van der Waals surface area contributed by atoms with Crippen molar-refractivity contribution in [2.45, 2.75) is 25.8 Å². The molecule has 4 rings (SSSR count). The average Bonchev–Trinajstić information content (AvgIpc) is 3.16. The Bertz CT molecular complexity index is 932. The van der Waals surface area contributed by atoms with E-state index in [4.69, 9.17) is 0 Å². The van der Waals surface area contributed by atoms with Gasteiger partial charge in [-0.25, -0.2) is 4.39 Å². The molecule has 1 amide bonds. The molecule has 0 unspecified atom stereocenters. The standard InChI is InChI=1S/C22H23FN4O/c23-20-9-5-4-8-19(20)22(28)26-12-10-17(11-13-26)14-21-25-24-16-27(21)15-18-6-2-1-3-7-18/h1-9,16-17H,10-15H2. The second kappa shape index (κ2) is 8.33. The van der Waals surface area contributed by atoms with Crippen molar-refractivity contribution in [2.24, 2.45) is 5.92 Å². The smallest absolute Gasteiger partial charge is 0.256 e. The number of amides is 1. The van der Waals surface area contributed by atoms with E-state index in [1.165, 1.54) is 11.6 Å². The van der Waals surface area contributed by atoms with Crippen molar-refractivity contribution in [1.29, 1.82) is 0 Å². The first-order valence-corrected chi connectivity index (χ1v) is 9.65. The summed E-state index contributed by atoms with van der Waals surface area (Å²) in [5.41, 5.74) is 1.37. The van der Waals surface area contributed by atoms with E-state index in [1.54, 1.807) is 29.4 Å². The number of carbonyl (C=O) groups is 1. The van der Waals surface area contributed by atoms with E-state index in [2.05, 4.69) is 26.9 Å². The summed E-state index contributed by atoms with van der Waals surface area (Å²) in [6.45, 7) is 2.04. The first kappa shape index (κ1) is 18.3. The number of carbonyl (C=O) groups excluding carboxylic acids is 1. The van der Waals surface area contributed by atoms with Crippen LogP contribution in [-0.4, -0.2) is 38.7 Å². The van der Waals surface area contributed by atoms with Crippen molar-refractivity contribution >= 4 is 5.91 Å². The zero-order valence-electron chi connectivity index (χ0n) is 15.7. The monoisotopic (exact) mass is 378 g/mol. The Morgan fingerprint density at radius 2 is 1.75 bits per heavy atom. The zero-order chi connectivity index (χ0) is 19.3. The largest absolute Gasteiger partial charge is 0.339 e. The first-order chi connectivity index (χ1) is 13.7. The maximum atomic E-state index is 13.9. The molecule has 5 nitrogen and oxygen atoms in total. The summed E-state index contributed by atoms with van der Waals surface area (Å²) in [5, 5.41) is 8.39. The number of benzene rings is 2. The maximum absolute atomic E-state index is 13.9. The van der Waals surface area contributed by atoms with Crippen LogP contribution in [0, 0.1) is 11.7 Å². The molecule has 2 aromatic carbocycles. The van der Waals surface area contributed by atoms with Crippen LogP contribution in [0.2, 0.25) is 0 Å². The van der Waals surface area contributed by atoms with Crippen LogP contribution in [0.4, 0.5) is 4.39 Å². The molecule has 0 aliphatic carbocycles. The van der Waals surface area contributed by atoms with Gasteiger partial charge >= 0.3 is 0 Å². The molecule has 1 aliphatic heterocycles. The van der Waals surface area contributed by atoms with Crippen LogP contribution in [0.15, 0.2) is 60.9 Å². The maximum Gasteiger partial charge on any atom is 0.256 e. The van der Waals surface area contributed by atoms with Crippen molar-refractivity contribution in [3.63, 3.8) is 0 Å². The molecule has 6 heteroatoms. The quantitative estimate of drug-likeness (QED) is 0.682. The van der Waals surface area contributed by atoms with Gasteiger partial charge in [0.1, 0.15) is 18.0 Å². The molecular weight excluding hydrogens is 355 g/mol. The highest BCUT2D eigenvalue weighted by Gasteiger charge is 2.26. The minimum Gasteiger partial charge on any atom is -0.339 e. The Labute approximate surface area is 163 Å². The fraction of sp³-hybridized carbons (Fsp3) is 0.318. The highest BCUT2D eigenvalue weighted by Crippen LogP contribution is 2.23. The Kier molecular flexibility index (Phi) is 5.46. The van der Waals surface area contributed by atoms with E-state index in [0.29, 0.717) is 19.0 Å². The van der Waals surface area contributed by atoms with E-state index < -0.39 is 5.82 Å². The molecule has 3 aromatic rings. The number of rotatable bonds is 5. The molecule has 0 spiro atoms. The van der Waals surface area contributed by atoms with Gasteiger partial charge in [-0.2, -0.15) is 0 Å². The Hall–Kier alpha value is -3.02. The van der Waals surface area contributed by atoms with E-state index in [9.17, 15) is 9.18 Å². The zero-order valence-corrected chi connectivity index (χ0v) is 15.7. The van der Waals surface area contributed by atoms with Gasteiger partial charge in [-0.3, -0.25) is 4.79 Å². The van der Waals surface area contributed by atoms with E-state index in [1.807, 2.05) is 18.2 Å². The van der Waals surface area contributed by atoms with Crippen LogP contribution in [0.5, 0.6) is 0 Å². The lowest BCUT2D eigenvalue weighted by atomic mass is 9.92. The highest BCUT2D eigenvalue weighted by atomic mass is 19.1. The second-order valence-electron chi connectivity index (χ2n) is 7.28. The molecule has 0 saturated carbocycles. The van der Waals surface area contributed by atoms with Crippen molar-refractivity contribution in [3.8, 4) is 0 Å². The van der Waals surface area contributed by atoms with Gasteiger partial charge in [0.25, 0.3) is 5.91 Å². The van der Waals surface area contributed by atoms with Crippen LogP contribution in [0.25, 0.3) is 0 Å². The van der Waals surface area contributed by atoms with E-state index in [0.717, 1.165) is 31.6 Å². The lowest BCUT2D eigenvalue weighted by Crippen LogP contribution is -2.39.